The minimum atomic E-state index is -3.88. The van der Waals surface area contributed by atoms with Gasteiger partial charge in [0.2, 0.25) is 5.91 Å². The first-order valence-corrected chi connectivity index (χ1v) is 18.1. The maximum atomic E-state index is 13.7. The highest BCUT2D eigenvalue weighted by Crippen LogP contribution is 2.55. The zero-order chi connectivity index (χ0) is 32.3. The van der Waals surface area contributed by atoms with E-state index < -0.39 is 15.4 Å². The molecule has 1 saturated carbocycles. The fraction of sp³-hybridized carbons (Fsp3) is 0.417. The molecule has 1 aliphatic carbocycles. The number of piperidine rings is 1. The minimum Gasteiger partial charge on any atom is -0.379 e. The van der Waals surface area contributed by atoms with Crippen LogP contribution in [0.1, 0.15) is 43.2 Å². The monoisotopic (exact) mass is 688 g/mol. The summed E-state index contributed by atoms with van der Waals surface area (Å²) in [4.78, 5) is 29.7. The van der Waals surface area contributed by atoms with Gasteiger partial charge in [0.25, 0.3) is 10.0 Å². The number of aryl methyl sites for hydroxylation is 1. The Morgan fingerprint density at radius 3 is 2.33 bits per heavy atom. The van der Waals surface area contributed by atoms with Crippen LogP contribution in [0.4, 0.5) is 17.2 Å². The third kappa shape index (κ3) is 5.50. The largest absolute Gasteiger partial charge is 0.379 e. The Bertz CT molecular complexity index is 1970. The SMILES string of the molecule is Cc1ccc(S(=O)(=O)Nc2cc(-c3ccc4ncc5c(c4c3)C3(CCC3)C(=O)N5C)cnc2N2CCC(N3CCOCC3)CC2)cc1.Cl. The van der Waals surface area contributed by atoms with Crippen molar-refractivity contribution in [1.29, 1.82) is 0 Å². The molecule has 2 saturated heterocycles. The molecule has 5 heterocycles. The summed E-state index contributed by atoms with van der Waals surface area (Å²) in [6, 6.07) is 15.3. The van der Waals surface area contributed by atoms with E-state index in [9.17, 15) is 13.2 Å². The molecule has 1 spiro atoms. The Morgan fingerprint density at radius 2 is 1.65 bits per heavy atom. The molecule has 8 rings (SSSR count). The van der Waals surface area contributed by atoms with Crippen molar-refractivity contribution in [3.05, 3.63) is 72.1 Å². The molecule has 0 radical (unpaired) electrons. The van der Waals surface area contributed by atoms with E-state index in [1.807, 2.05) is 44.6 Å². The van der Waals surface area contributed by atoms with Gasteiger partial charge >= 0.3 is 0 Å². The molecule has 3 fully saturated rings. The van der Waals surface area contributed by atoms with E-state index >= 15 is 0 Å². The van der Waals surface area contributed by atoms with E-state index in [-0.39, 0.29) is 23.2 Å². The number of aromatic nitrogens is 2. The predicted octanol–water partition coefficient (Wildman–Crippen LogP) is 5.53. The van der Waals surface area contributed by atoms with E-state index in [0.717, 1.165) is 110 Å². The molecule has 252 valence electrons. The standard InChI is InChI=1S/C36H40N6O4S.ClH/c1-24-4-7-28(8-5-24)47(44,45)39-31-21-26(22-38-34(31)42-14-10-27(11-15-42)41-16-18-46-19-17-41)25-6-9-30-29(20-25)33-32(23-37-30)40(2)35(43)36(33)12-3-13-36;/h4-9,20-23,27,39H,3,10-19H2,1-2H3;1H. The molecule has 48 heavy (non-hydrogen) atoms. The lowest BCUT2D eigenvalue weighted by Crippen LogP contribution is -2.49. The van der Waals surface area contributed by atoms with Gasteiger partial charge in [-0.1, -0.05) is 30.2 Å². The van der Waals surface area contributed by atoms with Crippen molar-refractivity contribution >= 4 is 56.4 Å². The molecule has 2 aromatic heterocycles. The molecule has 4 aromatic rings. The van der Waals surface area contributed by atoms with Crippen LogP contribution in [-0.2, 0) is 25.0 Å². The Balaban J connectivity index is 0.00000364. The van der Waals surface area contributed by atoms with E-state index in [1.165, 1.54) is 0 Å². The molecule has 2 aromatic carbocycles. The van der Waals surface area contributed by atoms with Crippen LogP contribution in [0.15, 0.2) is 65.8 Å². The average molecular weight is 689 g/mol. The zero-order valence-corrected chi connectivity index (χ0v) is 28.9. The summed E-state index contributed by atoms with van der Waals surface area (Å²) in [7, 11) is -2.04. The van der Waals surface area contributed by atoms with E-state index in [1.54, 1.807) is 29.2 Å². The van der Waals surface area contributed by atoms with Gasteiger partial charge in [-0.05, 0) is 68.5 Å². The average Bonchev–Trinajstić information content (AvgIpc) is 3.31. The zero-order valence-electron chi connectivity index (χ0n) is 27.3. The fourth-order valence-corrected chi connectivity index (χ4v) is 8.95. The van der Waals surface area contributed by atoms with Crippen LogP contribution >= 0.6 is 12.4 Å². The molecule has 0 unspecified atom stereocenters. The Hall–Kier alpha value is -3.77. The first-order valence-electron chi connectivity index (χ1n) is 16.6. The number of pyridine rings is 2. The lowest BCUT2D eigenvalue weighted by molar-refractivity contribution is -0.125. The lowest BCUT2D eigenvalue weighted by Gasteiger charge is -2.40. The number of carbonyl (C=O) groups excluding carboxylic acids is 1. The summed E-state index contributed by atoms with van der Waals surface area (Å²) < 4.78 is 35.9. The number of nitrogens with one attached hydrogen (secondary N) is 1. The third-order valence-corrected chi connectivity index (χ3v) is 12.1. The number of fused-ring (bicyclic) bond motifs is 4. The van der Waals surface area contributed by atoms with Crippen molar-refractivity contribution in [3.63, 3.8) is 0 Å². The number of rotatable bonds is 6. The number of halogens is 1. The normalized spacial score (nSPS) is 19.7. The van der Waals surface area contributed by atoms with Crippen LogP contribution in [-0.4, -0.2) is 81.7 Å². The van der Waals surface area contributed by atoms with E-state index in [4.69, 9.17) is 14.7 Å². The molecular weight excluding hydrogens is 648 g/mol. The van der Waals surface area contributed by atoms with Crippen LogP contribution in [0.25, 0.3) is 22.0 Å². The van der Waals surface area contributed by atoms with Crippen molar-refractivity contribution < 1.29 is 17.9 Å². The molecule has 0 bridgehead atoms. The second-order valence-corrected chi connectivity index (χ2v) is 15.1. The van der Waals surface area contributed by atoms with Crippen LogP contribution in [0.2, 0.25) is 0 Å². The Labute approximate surface area is 288 Å². The van der Waals surface area contributed by atoms with Gasteiger partial charge in [0.1, 0.15) is 0 Å². The van der Waals surface area contributed by atoms with Gasteiger partial charge in [-0.15, -0.1) is 12.4 Å². The highest BCUT2D eigenvalue weighted by atomic mass is 35.5. The van der Waals surface area contributed by atoms with Crippen LogP contribution in [0, 0.1) is 6.92 Å². The first kappa shape index (κ1) is 32.8. The molecule has 1 N–H and O–H groups in total. The predicted molar refractivity (Wildman–Crippen MR) is 191 cm³/mol. The van der Waals surface area contributed by atoms with Crippen molar-refractivity contribution in [3.8, 4) is 11.1 Å². The fourth-order valence-electron chi connectivity index (χ4n) is 7.90. The second kappa shape index (κ2) is 12.6. The van der Waals surface area contributed by atoms with Gasteiger partial charge in [0, 0.05) is 62.0 Å². The maximum absolute atomic E-state index is 13.7. The van der Waals surface area contributed by atoms with Crippen molar-refractivity contribution in [2.24, 2.45) is 0 Å². The third-order valence-electron chi connectivity index (χ3n) is 10.7. The van der Waals surface area contributed by atoms with Gasteiger partial charge < -0.3 is 14.5 Å². The molecule has 12 heteroatoms. The van der Waals surface area contributed by atoms with Crippen molar-refractivity contribution in [1.82, 2.24) is 14.9 Å². The smallest absolute Gasteiger partial charge is 0.262 e. The summed E-state index contributed by atoms with van der Waals surface area (Å²) in [5, 5.41) is 0.966. The number of anilines is 3. The minimum absolute atomic E-state index is 0. The summed E-state index contributed by atoms with van der Waals surface area (Å²) in [5.41, 5.74) is 5.43. The van der Waals surface area contributed by atoms with E-state index in [0.29, 0.717) is 17.5 Å². The number of hydrogen-bond donors (Lipinski definition) is 1. The molecule has 4 aliphatic rings. The number of sulfonamides is 1. The molecule has 0 atom stereocenters. The summed E-state index contributed by atoms with van der Waals surface area (Å²) in [5.74, 6) is 0.781. The number of carbonyl (C=O) groups is 1. The number of benzene rings is 2. The first-order chi connectivity index (χ1) is 22.7. The highest BCUT2D eigenvalue weighted by Gasteiger charge is 2.54. The highest BCUT2D eigenvalue weighted by molar-refractivity contribution is 7.92. The van der Waals surface area contributed by atoms with Gasteiger partial charge in [0.05, 0.1) is 46.6 Å². The van der Waals surface area contributed by atoms with Crippen LogP contribution in [0.5, 0.6) is 0 Å². The van der Waals surface area contributed by atoms with E-state index in [2.05, 4.69) is 20.6 Å². The molecular formula is C36H41ClN6O4S. The molecule has 3 aliphatic heterocycles. The maximum Gasteiger partial charge on any atom is 0.262 e. The molecule has 1 amide bonds. The summed E-state index contributed by atoms with van der Waals surface area (Å²) in [6.45, 7) is 6.96. The van der Waals surface area contributed by atoms with Crippen molar-refractivity contribution in [2.75, 3.05) is 61.0 Å². The number of morpholine rings is 1. The summed E-state index contributed by atoms with van der Waals surface area (Å²) in [6.07, 6.45) is 8.32. The van der Waals surface area contributed by atoms with Gasteiger partial charge in [-0.3, -0.25) is 19.4 Å². The van der Waals surface area contributed by atoms with Gasteiger partial charge in [-0.25, -0.2) is 13.4 Å². The number of amides is 1. The summed E-state index contributed by atoms with van der Waals surface area (Å²) >= 11 is 0. The number of nitrogens with zero attached hydrogens (tertiary/aromatic N) is 5. The van der Waals surface area contributed by atoms with Crippen molar-refractivity contribution in [2.45, 2.75) is 55.4 Å². The Morgan fingerprint density at radius 1 is 0.917 bits per heavy atom. The Kier molecular flexibility index (Phi) is 8.60. The molecule has 10 nitrogen and oxygen atoms in total. The number of ether oxygens (including phenoxy) is 1. The van der Waals surface area contributed by atoms with Crippen LogP contribution in [0.3, 0.4) is 0 Å². The lowest BCUT2D eigenvalue weighted by atomic mass is 9.64. The van der Waals surface area contributed by atoms with Gasteiger partial charge in [0.15, 0.2) is 5.82 Å². The quantitative estimate of drug-likeness (QED) is 0.282. The second-order valence-electron chi connectivity index (χ2n) is 13.4. The van der Waals surface area contributed by atoms with Crippen LogP contribution < -0.4 is 14.5 Å². The number of hydrogen-bond acceptors (Lipinski definition) is 8. The number of likely N-dealkylation sites (N-methyl/N-ethyl adjacent to an activating group) is 1. The van der Waals surface area contributed by atoms with Gasteiger partial charge in [-0.2, -0.15) is 0 Å². The topological polar surface area (TPSA) is 108 Å².